The molecule has 76 valence electrons. The average Bonchev–Trinajstić information content (AvgIpc) is 2.58. The molecule has 4 heteroatoms. The lowest BCUT2D eigenvalue weighted by Crippen LogP contribution is -2.39. The molecule has 0 saturated carbocycles. The lowest BCUT2D eigenvalue weighted by molar-refractivity contribution is 0.220. The van der Waals surface area contributed by atoms with Gasteiger partial charge in [0, 0.05) is 12.2 Å². The summed E-state index contributed by atoms with van der Waals surface area (Å²) >= 11 is 1.89. The predicted octanol–water partition coefficient (Wildman–Crippen LogP) is 1.26. The second-order valence-corrected chi connectivity index (χ2v) is 4.95. The van der Waals surface area contributed by atoms with E-state index in [0.717, 1.165) is 24.5 Å². The van der Waals surface area contributed by atoms with Crippen LogP contribution in [0.25, 0.3) is 0 Å². The fourth-order valence-electron chi connectivity index (χ4n) is 1.18. The fourth-order valence-corrected chi connectivity index (χ4v) is 2.02. The number of thioether (sulfide) groups is 1. The van der Waals surface area contributed by atoms with Crippen LogP contribution in [-0.4, -0.2) is 23.7 Å². The summed E-state index contributed by atoms with van der Waals surface area (Å²) in [5.74, 6) is 7.44. The largest absolute Gasteiger partial charge is 0.496 e. The van der Waals surface area contributed by atoms with Crippen molar-refractivity contribution in [2.45, 2.75) is 31.6 Å². The number of nitrogens with one attached hydrogen (secondary N) is 1. The summed E-state index contributed by atoms with van der Waals surface area (Å²) in [4.78, 5) is 0. The van der Waals surface area contributed by atoms with Crippen LogP contribution in [0, 0.1) is 0 Å². The highest BCUT2D eigenvalue weighted by molar-refractivity contribution is 7.99. The maximum absolute atomic E-state index is 5.45. The van der Waals surface area contributed by atoms with Crippen molar-refractivity contribution in [1.82, 2.24) is 5.43 Å². The summed E-state index contributed by atoms with van der Waals surface area (Å²) in [7, 11) is 0. The molecule has 1 atom stereocenters. The molecule has 0 bridgehead atoms. The van der Waals surface area contributed by atoms with Gasteiger partial charge in [-0.3, -0.25) is 5.84 Å². The van der Waals surface area contributed by atoms with E-state index >= 15 is 0 Å². The summed E-state index contributed by atoms with van der Waals surface area (Å²) < 4.78 is 5.44. The number of hydrazine groups is 1. The molecule has 0 fully saturated rings. The van der Waals surface area contributed by atoms with Gasteiger partial charge in [-0.05, 0) is 11.3 Å². The van der Waals surface area contributed by atoms with E-state index in [2.05, 4.69) is 25.3 Å². The van der Waals surface area contributed by atoms with Crippen LogP contribution < -0.4 is 11.3 Å². The Hall–Kier alpha value is -0.190. The van der Waals surface area contributed by atoms with Crippen molar-refractivity contribution in [3.63, 3.8) is 0 Å². The maximum Gasteiger partial charge on any atom is 0.111 e. The first-order valence-electron chi connectivity index (χ1n) is 4.64. The maximum atomic E-state index is 5.45. The SMILES string of the molecule is CC(C)SCC(NN)C1=CCCO1. The predicted molar refractivity (Wildman–Crippen MR) is 57.4 cm³/mol. The monoisotopic (exact) mass is 202 g/mol. The Morgan fingerprint density at radius 3 is 2.92 bits per heavy atom. The molecule has 3 N–H and O–H groups in total. The van der Waals surface area contributed by atoms with Crippen LogP contribution in [0.5, 0.6) is 0 Å². The third kappa shape index (κ3) is 3.58. The van der Waals surface area contributed by atoms with E-state index in [0.29, 0.717) is 5.25 Å². The highest BCUT2D eigenvalue weighted by Crippen LogP contribution is 2.18. The van der Waals surface area contributed by atoms with E-state index in [9.17, 15) is 0 Å². The van der Waals surface area contributed by atoms with Gasteiger partial charge >= 0.3 is 0 Å². The number of hydrogen-bond donors (Lipinski definition) is 2. The van der Waals surface area contributed by atoms with Crippen molar-refractivity contribution >= 4 is 11.8 Å². The fraction of sp³-hybridized carbons (Fsp3) is 0.778. The second-order valence-electron chi connectivity index (χ2n) is 3.34. The highest BCUT2D eigenvalue weighted by atomic mass is 32.2. The topological polar surface area (TPSA) is 47.3 Å². The lowest BCUT2D eigenvalue weighted by Gasteiger charge is -2.17. The molecule has 1 unspecified atom stereocenters. The quantitative estimate of drug-likeness (QED) is 0.520. The van der Waals surface area contributed by atoms with Gasteiger partial charge in [-0.2, -0.15) is 11.8 Å². The highest BCUT2D eigenvalue weighted by Gasteiger charge is 2.17. The van der Waals surface area contributed by atoms with Gasteiger partial charge in [-0.15, -0.1) is 0 Å². The first-order chi connectivity index (χ1) is 6.24. The third-order valence-corrected chi connectivity index (χ3v) is 3.07. The molecule has 1 heterocycles. The van der Waals surface area contributed by atoms with Gasteiger partial charge in [-0.1, -0.05) is 13.8 Å². The van der Waals surface area contributed by atoms with Gasteiger partial charge in [0.1, 0.15) is 5.76 Å². The summed E-state index contributed by atoms with van der Waals surface area (Å²) in [6.07, 6.45) is 3.13. The Labute approximate surface area is 84.1 Å². The van der Waals surface area contributed by atoms with Gasteiger partial charge in [0.05, 0.1) is 12.6 Å². The van der Waals surface area contributed by atoms with Crippen molar-refractivity contribution in [3.8, 4) is 0 Å². The van der Waals surface area contributed by atoms with Gasteiger partial charge in [0.15, 0.2) is 0 Å². The molecular weight excluding hydrogens is 184 g/mol. The zero-order valence-electron chi connectivity index (χ0n) is 8.25. The van der Waals surface area contributed by atoms with Crippen LogP contribution in [0.3, 0.4) is 0 Å². The molecule has 1 aliphatic heterocycles. The summed E-state index contributed by atoms with van der Waals surface area (Å²) in [5.41, 5.74) is 2.79. The summed E-state index contributed by atoms with van der Waals surface area (Å²) in [6.45, 7) is 5.17. The minimum Gasteiger partial charge on any atom is -0.496 e. The Kier molecular flexibility index (Phi) is 4.62. The van der Waals surface area contributed by atoms with E-state index in [1.54, 1.807) is 0 Å². The Bertz CT molecular complexity index is 182. The van der Waals surface area contributed by atoms with Crippen molar-refractivity contribution in [3.05, 3.63) is 11.8 Å². The Balaban J connectivity index is 2.33. The zero-order valence-corrected chi connectivity index (χ0v) is 9.06. The second kappa shape index (κ2) is 5.52. The molecule has 0 saturated heterocycles. The zero-order chi connectivity index (χ0) is 9.68. The van der Waals surface area contributed by atoms with Crippen molar-refractivity contribution in [2.24, 2.45) is 5.84 Å². The molecule has 0 aromatic carbocycles. The first-order valence-corrected chi connectivity index (χ1v) is 5.69. The van der Waals surface area contributed by atoms with Crippen LogP contribution in [0.15, 0.2) is 11.8 Å². The van der Waals surface area contributed by atoms with Crippen LogP contribution in [-0.2, 0) is 4.74 Å². The Morgan fingerprint density at radius 1 is 1.69 bits per heavy atom. The van der Waals surface area contributed by atoms with Crippen LogP contribution in [0.4, 0.5) is 0 Å². The van der Waals surface area contributed by atoms with Gasteiger partial charge in [0.25, 0.3) is 0 Å². The van der Waals surface area contributed by atoms with Crippen molar-refractivity contribution < 1.29 is 4.74 Å². The van der Waals surface area contributed by atoms with Crippen LogP contribution in [0.2, 0.25) is 0 Å². The van der Waals surface area contributed by atoms with Crippen LogP contribution in [0.1, 0.15) is 20.3 Å². The number of hydrogen-bond acceptors (Lipinski definition) is 4. The molecule has 1 rings (SSSR count). The standard InChI is InChI=1S/C9H18N2OS/c1-7(2)13-6-8(11-10)9-4-3-5-12-9/h4,7-8,11H,3,5-6,10H2,1-2H3. The molecule has 1 aliphatic rings. The van der Waals surface area contributed by atoms with Crippen molar-refractivity contribution in [1.29, 1.82) is 0 Å². The van der Waals surface area contributed by atoms with Crippen LogP contribution >= 0.6 is 11.8 Å². The molecule has 0 aliphatic carbocycles. The van der Waals surface area contributed by atoms with E-state index in [1.807, 2.05) is 11.8 Å². The molecule has 0 aromatic heterocycles. The Morgan fingerprint density at radius 2 is 2.46 bits per heavy atom. The van der Waals surface area contributed by atoms with Gasteiger partial charge in [-0.25, -0.2) is 5.43 Å². The minimum atomic E-state index is 0.176. The van der Waals surface area contributed by atoms with E-state index in [1.165, 1.54) is 0 Å². The molecular formula is C9H18N2OS. The smallest absolute Gasteiger partial charge is 0.111 e. The van der Waals surface area contributed by atoms with E-state index in [-0.39, 0.29) is 6.04 Å². The molecule has 0 amide bonds. The van der Waals surface area contributed by atoms with Crippen molar-refractivity contribution in [2.75, 3.05) is 12.4 Å². The first kappa shape index (κ1) is 10.9. The summed E-state index contributed by atoms with van der Waals surface area (Å²) in [6, 6.07) is 0.176. The van der Waals surface area contributed by atoms with Gasteiger partial charge in [0.2, 0.25) is 0 Å². The number of rotatable bonds is 5. The molecule has 0 spiro atoms. The summed E-state index contributed by atoms with van der Waals surface area (Å²) in [5, 5.41) is 0.637. The van der Waals surface area contributed by atoms with E-state index < -0.39 is 0 Å². The number of ether oxygens (including phenoxy) is 1. The average molecular weight is 202 g/mol. The normalized spacial score (nSPS) is 18.6. The van der Waals surface area contributed by atoms with Gasteiger partial charge < -0.3 is 4.74 Å². The van der Waals surface area contributed by atoms with E-state index in [4.69, 9.17) is 10.6 Å². The third-order valence-electron chi connectivity index (χ3n) is 1.87. The molecule has 0 radical (unpaired) electrons. The molecule has 0 aromatic rings. The molecule has 13 heavy (non-hydrogen) atoms. The number of nitrogens with two attached hydrogens (primary N) is 1. The molecule has 3 nitrogen and oxygen atoms in total. The minimum absolute atomic E-state index is 0.176. The lowest BCUT2D eigenvalue weighted by atomic mass is 10.3.